The van der Waals surface area contributed by atoms with Gasteiger partial charge in [-0.15, -0.1) is 0 Å². The van der Waals surface area contributed by atoms with E-state index in [9.17, 15) is 29.8 Å². The molecule has 1 aromatic rings. The Morgan fingerprint density at radius 3 is 1.93 bits per heavy atom. The summed E-state index contributed by atoms with van der Waals surface area (Å²) < 4.78 is 5.33. The second kappa shape index (κ2) is 8.19. The van der Waals surface area contributed by atoms with Crippen molar-refractivity contribution in [1.29, 1.82) is 0 Å². The van der Waals surface area contributed by atoms with Crippen molar-refractivity contribution in [3.05, 3.63) is 44.0 Å². The van der Waals surface area contributed by atoms with Crippen molar-refractivity contribution in [2.75, 3.05) is 26.2 Å². The van der Waals surface area contributed by atoms with Gasteiger partial charge in [-0.05, 0) is 27.2 Å². The van der Waals surface area contributed by atoms with E-state index in [1.165, 1.54) is 9.80 Å². The van der Waals surface area contributed by atoms with E-state index in [-0.39, 0.29) is 18.7 Å². The lowest BCUT2D eigenvalue weighted by atomic mass is 10.1. The van der Waals surface area contributed by atoms with Crippen molar-refractivity contribution in [3.8, 4) is 0 Å². The molecule has 0 saturated carbocycles. The standard InChI is InChI=1S/C17H22N4O7/c1-17(2,3)28-16(23)19-6-4-5-18(7-8-19)15(22)12-9-13(20(24)25)11-14(10-12)21(26)27/h9-11H,4-8H2,1-3H3. The third kappa shape index (κ3) is 5.38. The average Bonchev–Trinajstić information content (AvgIpc) is 2.85. The van der Waals surface area contributed by atoms with E-state index in [1.807, 2.05) is 0 Å². The molecule has 28 heavy (non-hydrogen) atoms. The topological polar surface area (TPSA) is 136 Å². The number of carbonyl (C=O) groups excluding carboxylic acids is 2. The van der Waals surface area contributed by atoms with Gasteiger partial charge in [0.25, 0.3) is 17.3 Å². The summed E-state index contributed by atoms with van der Waals surface area (Å²) in [7, 11) is 0. The van der Waals surface area contributed by atoms with Crippen LogP contribution in [0, 0.1) is 20.2 Å². The smallest absolute Gasteiger partial charge is 0.410 e. The molecule has 0 aliphatic carbocycles. The number of hydrogen-bond acceptors (Lipinski definition) is 7. The van der Waals surface area contributed by atoms with Gasteiger partial charge in [-0.25, -0.2) is 4.79 Å². The third-order valence-corrected chi connectivity index (χ3v) is 4.01. The minimum Gasteiger partial charge on any atom is -0.444 e. The lowest BCUT2D eigenvalue weighted by molar-refractivity contribution is -0.394. The normalized spacial score (nSPS) is 15.0. The van der Waals surface area contributed by atoms with Crippen molar-refractivity contribution in [3.63, 3.8) is 0 Å². The maximum absolute atomic E-state index is 12.8. The van der Waals surface area contributed by atoms with E-state index in [2.05, 4.69) is 0 Å². The van der Waals surface area contributed by atoms with Crippen molar-refractivity contribution in [2.24, 2.45) is 0 Å². The molecule has 1 aromatic carbocycles. The Labute approximate surface area is 161 Å². The van der Waals surface area contributed by atoms with Gasteiger partial charge in [0.05, 0.1) is 21.5 Å². The number of hydrogen-bond donors (Lipinski definition) is 0. The van der Waals surface area contributed by atoms with Crippen molar-refractivity contribution in [1.82, 2.24) is 9.80 Å². The van der Waals surface area contributed by atoms with Gasteiger partial charge in [0.15, 0.2) is 0 Å². The highest BCUT2D eigenvalue weighted by atomic mass is 16.6. The summed E-state index contributed by atoms with van der Waals surface area (Å²) in [6.07, 6.45) is 0.00920. The average molecular weight is 394 g/mol. The highest BCUT2D eigenvalue weighted by Crippen LogP contribution is 2.24. The second-order valence-corrected chi connectivity index (χ2v) is 7.37. The Kier molecular flexibility index (Phi) is 6.16. The predicted octanol–water partition coefficient (Wildman–Crippen LogP) is 2.59. The van der Waals surface area contributed by atoms with Crippen LogP contribution in [0.25, 0.3) is 0 Å². The van der Waals surface area contributed by atoms with Crippen LogP contribution in [-0.4, -0.2) is 63.4 Å². The summed E-state index contributed by atoms with van der Waals surface area (Å²) in [4.78, 5) is 48.3. The molecule has 11 heteroatoms. The van der Waals surface area contributed by atoms with Crippen LogP contribution in [0.5, 0.6) is 0 Å². The van der Waals surface area contributed by atoms with Crippen molar-refractivity contribution >= 4 is 23.4 Å². The number of amides is 2. The number of nitro benzene ring substituents is 2. The summed E-state index contributed by atoms with van der Waals surface area (Å²) >= 11 is 0. The summed E-state index contributed by atoms with van der Waals surface area (Å²) in [6, 6.07) is 2.85. The number of benzene rings is 1. The summed E-state index contributed by atoms with van der Waals surface area (Å²) in [5, 5.41) is 22.0. The Morgan fingerprint density at radius 2 is 1.43 bits per heavy atom. The lowest BCUT2D eigenvalue weighted by Gasteiger charge is -2.26. The fourth-order valence-electron chi connectivity index (χ4n) is 2.74. The zero-order valence-corrected chi connectivity index (χ0v) is 15.9. The molecule has 1 aliphatic heterocycles. The Hall–Kier alpha value is -3.24. The van der Waals surface area contributed by atoms with Gasteiger partial charge in [0.2, 0.25) is 0 Å². The SMILES string of the molecule is CC(C)(C)OC(=O)N1CCCN(C(=O)c2cc([N+](=O)[O-])cc([N+](=O)[O-])c2)CC1. The van der Waals surface area contributed by atoms with Gasteiger partial charge in [-0.1, -0.05) is 0 Å². The minimum absolute atomic E-state index is 0.133. The molecule has 0 bridgehead atoms. The van der Waals surface area contributed by atoms with Gasteiger partial charge in [-0.3, -0.25) is 25.0 Å². The number of nitro groups is 2. The van der Waals surface area contributed by atoms with Gasteiger partial charge >= 0.3 is 6.09 Å². The minimum atomic E-state index is -0.781. The van der Waals surface area contributed by atoms with E-state index in [4.69, 9.17) is 4.74 Å². The fourth-order valence-corrected chi connectivity index (χ4v) is 2.74. The molecule has 0 N–H and O–H groups in total. The predicted molar refractivity (Wildman–Crippen MR) is 98.1 cm³/mol. The van der Waals surface area contributed by atoms with Gasteiger partial charge in [0, 0.05) is 38.3 Å². The molecule has 0 aromatic heterocycles. The van der Waals surface area contributed by atoms with E-state index < -0.39 is 38.8 Å². The molecule has 11 nitrogen and oxygen atoms in total. The van der Waals surface area contributed by atoms with Crippen LogP contribution in [0.15, 0.2) is 18.2 Å². The fraction of sp³-hybridized carbons (Fsp3) is 0.529. The molecule has 0 spiro atoms. The molecule has 1 fully saturated rings. The van der Waals surface area contributed by atoms with E-state index in [1.54, 1.807) is 20.8 Å². The molecule has 0 atom stereocenters. The van der Waals surface area contributed by atoms with Crippen molar-refractivity contribution in [2.45, 2.75) is 32.8 Å². The Balaban J connectivity index is 2.16. The van der Waals surface area contributed by atoms with Crippen LogP contribution in [-0.2, 0) is 4.74 Å². The van der Waals surface area contributed by atoms with Crippen LogP contribution in [0.4, 0.5) is 16.2 Å². The molecule has 1 heterocycles. The lowest BCUT2D eigenvalue weighted by Crippen LogP contribution is -2.40. The molecular weight excluding hydrogens is 372 g/mol. The van der Waals surface area contributed by atoms with Gasteiger partial charge in [-0.2, -0.15) is 0 Å². The first-order chi connectivity index (χ1) is 13.0. The quantitative estimate of drug-likeness (QED) is 0.567. The van der Waals surface area contributed by atoms with Crippen molar-refractivity contribution < 1.29 is 24.2 Å². The zero-order valence-electron chi connectivity index (χ0n) is 15.9. The van der Waals surface area contributed by atoms with E-state index in [0.29, 0.717) is 19.5 Å². The Bertz CT molecular complexity index is 771. The largest absolute Gasteiger partial charge is 0.444 e. The first-order valence-electron chi connectivity index (χ1n) is 8.69. The van der Waals surface area contributed by atoms with E-state index in [0.717, 1.165) is 18.2 Å². The summed E-state index contributed by atoms with van der Waals surface area (Å²) in [5.41, 5.74) is -1.82. The molecule has 2 rings (SSSR count). The first kappa shape index (κ1) is 21.1. The summed E-state index contributed by atoms with van der Waals surface area (Å²) in [5.74, 6) is -0.558. The number of carbonyl (C=O) groups is 2. The highest BCUT2D eigenvalue weighted by molar-refractivity contribution is 5.95. The van der Waals surface area contributed by atoms with Gasteiger partial charge in [0.1, 0.15) is 5.60 Å². The molecule has 0 radical (unpaired) electrons. The summed E-state index contributed by atoms with van der Waals surface area (Å²) in [6.45, 7) is 6.41. The van der Waals surface area contributed by atoms with E-state index >= 15 is 0 Å². The van der Waals surface area contributed by atoms with Crippen LogP contribution >= 0.6 is 0 Å². The number of ether oxygens (including phenoxy) is 1. The maximum atomic E-state index is 12.8. The second-order valence-electron chi connectivity index (χ2n) is 7.37. The maximum Gasteiger partial charge on any atom is 0.410 e. The highest BCUT2D eigenvalue weighted by Gasteiger charge is 2.28. The monoisotopic (exact) mass is 394 g/mol. The molecule has 1 aliphatic rings. The molecular formula is C17H22N4O7. The van der Waals surface area contributed by atoms with Crippen LogP contribution in [0.1, 0.15) is 37.6 Å². The van der Waals surface area contributed by atoms with Crippen LogP contribution < -0.4 is 0 Å². The Morgan fingerprint density at radius 1 is 0.929 bits per heavy atom. The first-order valence-corrected chi connectivity index (χ1v) is 8.69. The molecule has 2 amide bonds. The molecule has 0 unspecified atom stereocenters. The van der Waals surface area contributed by atoms with Crippen LogP contribution in [0.2, 0.25) is 0 Å². The van der Waals surface area contributed by atoms with Crippen LogP contribution in [0.3, 0.4) is 0 Å². The number of nitrogens with zero attached hydrogens (tertiary/aromatic N) is 4. The molecule has 152 valence electrons. The zero-order chi connectivity index (χ0) is 21.1. The number of non-ortho nitro benzene ring substituents is 2. The van der Waals surface area contributed by atoms with Gasteiger partial charge < -0.3 is 14.5 Å². The number of rotatable bonds is 3. The third-order valence-electron chi connectivity index (χ3n) is 4.01. The molecule has 1 saturated heterocycles.